The molecule has 1 rings (SSSR count). The van der Waals surface area contributed by atoms with Crippen LogP contribution in [-0.2, 0) is 4.74 Å². The third-order valence-electron chi connectivity index (χ3n) is 4.39. The molecule has 1 saturated carbocycles. The summed E-state index contributed by atoms with van der Waals surface area (Å²) in [6.07, 6.45) is 8.42. The highest BCUT2D eigenvalue weighted by atomic mass is 16.6. The molecule has 0 amide bonds. The standard InChI is InChI=1S/C19H37NO2/c1-14(2)20(15(3)4)17(16-11-9-8-10-12-16)13-18(21)22-19(5,6)7/h13-17,21H,8-12H2,1-7H3/b18-13+. The minimum absolute atomic E-state index is 0.0781. The Morgan fingerprint density at radius 3 is 1.95 bits per heavy atom. The van der Waals surface area contributed by atoms with Crippen LogP contribution in [0.25, 0.3) is 0 Å². The van der Waals surface area contributed by atoms with E-state index in [1.807, 2.05) is 26.8 Å². The number of nitrogens with zero attached hydrogens (tertiary/aromatic N) is 1. The second-order valence-corrected chi connectivity index (χ2v) is 8.24. The van der Waals surface area contributed by atoms with Crippen LogP contribution in [0.2, 0.25) is 0 Å². The molecular weight excluding hydrogens is 274 g/mol. The van der Waals surface area contributed by atoms with Crippen molar-refractivity contribution in [2.24, 2.45) is 5.92 Å². The Kier molecular flexibility index (Phi) is 7.24. The van der Waals surface area contributed by atoms with Gasteiger partial charge in [0.25, 0.3) is 5.95 Å². The third-order valence-corrected chi connectivity index (χ3v) is 4.39. The van der Waals surface area contributed by atoms with Crippen molar-refractivity contribution >= 4 is 0 Å². The Labute approximate surface area is 137 Å². The summed E-state index contributed by atoms with van der Waals surface area (Å²) in [5.41, 5.74) is -0.363. The predicted octanol–water partition coefficient (Wildman–Crippen LogP) is 5.27. The summed E-state index contributed by atoms with van der Waals surface area (Å²) in [5, 5.41) is 10.3. The molecule has 0 aliphatic heterocycles. The van der Waals surface area contributed by atoms with Crippen LogP contribution in [0.15, 0.2) is 12.0 Å². The quantitative estimate of drug-likeness (QED) is 0.678. The monoisotopic (exact) mass is 311 g/mol. The first-order valence-electron chi connectivity index (χ1n) is 8.99. The fourth-order valence-electron chi connectivity index (χ4n) is 3.72. The van der Waals surface area contributed by atoms with Gasteiger partial charge in [0.05, 0.1) is 0 Å². The van der Waals surface area contributed by atoms with Crippen molar-refractivity contribution in [3.05, 3.63) is 12.0 Å². The van der Waals surface area contributed by atoms with Gasteiger partial charge in [-0.3, -0.25) is 4.90 Å². The molecule has 22 heavy (non-hydrogen) atoms. The van der Waals surface area contributed by atoms with Gasteiger partial charge in [-0.25, -0.2) is 0 Å². The SMILES string of the molecule is CC(C)N(C(C)C)C(/C=C(\O)OC(C)(C)C)C1CCCCC1. The molecule has 130 valence electrons. The van der Waals surface area contributed by atoms with Crippen LogP contribution in [0.3, 0.4) is 0 Å². The van der Waals surface area contributed by atoms with Crippen LogP contribution in [-0.4, -0.2) is 33.7 Å². The zero-order valence-electron chi connectivity index (χ0n) is 15.7. The van der Waals surface area contributed by atoms with Gasteiger partial charge < -0.3 is 9.84 Å². The summed E-state index contributed by atoms with van der Waals surface area (Å²) in [4.78, 5) is 2.51. The molecule has 1 fully saturated rings. The molecule has 3 heteroatoms. The molecular formula is C19H37NO2. The fraction of sp³-hybridized carbons (Fsp3) is 0.895. The van der Waals surface area contributed by atoms with E-state index in [4.69, 9.17) is 4.74 Å². The smallest absolute Gasteiger partial charge is 0.274 e. The second kappa shape index (κ2) is 8.24. The van der Waals surface area contributed by atoms with Crippen LogP contribution < -0.4 is 0 Å². The molecule has 0 bridgehead atoms. The van der Waals surface area contributed by atoms with Gasteiger partial charge in [-0.1, -0.05) is 19.3 Å². The van der Waals surface area contributed by atoms with E-state index in [0.29, 0.717) is 18.0 Å². The maximum atomic E-state index is 10.3. The molecule has 1 aliphatic carbocycles. The van der Waals surface area contributed by atoms with Gasteiger partial charge in [0, 0.05) is 24.2 Å². The van der Waals surface area contributed by atoms with E-state index in [1.165, 1.54) is 32.1 Å². The molecule has 0 spiro atoms. The summed E-state index contributed by atoms with van der Waals surface area (Å²) in [5.74, 6) is 0.693. The van der Waals surface area contributed by atoms with Crippen molar-refractivity contribution in [3.63, 3.8) is 0 Å². The Bertz CT molecular complexity index is 341. The van der Waals surface area contributed by atoms with Gasteiger partial charge in [0.15, 0.2) is 0 Å². The Balaban J connectivity index is 3.01. The number of aliphatic hydroxyl groups is 1. The van der Waals surface area contributed by atoms with Gasteiger partial charge in [0.2, 0.25) is 0 Å². The average Bonchev–Trinajstić information content (AvgIpc) is 2.35. The normalized spacial score (nSPS) is 20.0. The van der Waals surface area contributed by atoms with E-state index in [-0.39, 0.29) is 17.6 Å². The van der Waals surface area contributed by atoms with Gasteiger partial charge >= 0.3 is 0 Å². The van der Waals surface area contributed by atoms with Gasteiger partial charge in [0.1, 0.15) is 5.60 Å². The maximum Gasteiger partial charge on any atom is 0.274 e. The zero-order chi connectivity index (χ0) is 16.9. The lowest BCUT2D eigenvalue weighted by molar-refractivity contribution is -0.0198. The molecule has 0 aromatic rings. The Morgan fingerprint density at radius 1 is 1.05 bits per heavy atom. The number of hydrogen-bond donors (Lipinski definition) is 1. The van der Waals surface area contributed by atoms with Crippen molar-refractivity contribution in [1.82, 2.24) is 4.90 Å². The summed E-state index contributed by atoms with van der Waals surface area (Å²) >= 11 is 0. The molecule has 0 heterocycles. The van der Waals surface area contributed by atoms with Crippen molar-refractivity contribution < 1.29 is 9.84 Å². The van der Waals surface area contributed by atoms with Gasteiger partial charge in [-0.15, -0.1) is 0 Å². The van der Waals surface area contributed by atoms with Crippen LogP contribution in [0, 0.1) is 5.92 Å². The zero-order valence-corrected chi connectivity index (χ0v) is 15.7. The molecule has 0 saturated heterocycles. The van der Waals surface area contributed by atoms with Crippen LogP contribution in [0.1, 0.15) is 80.6 Å². The number of rotatable bonds is 6. The van der Waals surface area contributed by atoms with Crippen molar-refractivity contribution in [3.8, 4) is 0 Å². The molecule has 0 aromatic carbocycles. The summed E-state index contributed by atoms with van der Waals surface area (Å²) in [7, 11) is 0. The highest BCUT2D eigenvalue weighted by Crippen LogP contribution is 2.32. The first-order chi connectivity index (χ1) is 10.1. The summed E-state index contributed by atoms with van der Waals surface area (Å²) in [6.45, 7) is 14.9. The van der Waals surface area contributed by atoms with E-state index < -0.39 is 0 Å². The van der Waals surface area contributed by atoms with Crippen LogP contribution in [0.4, 0.5) is 0 Å². The van der Waals surface area contributed by atoms with Crippen molar-refractivity contribution in [2.45, 2.75) is 104 Å². The van der Waals surface area contributed by atoms with Crippen molar-refractivity contribution in [1.29, 1.82) is 0 Å². The average molecular weight is 312 g/mol. The third kappa shape index (κ3) is 6.20. The molecule has 1 atom stereocenters. The minimum Gasteiger partial charge on any atom is -0.481 e. The Morgan fingerprint density at radius 2 is 1.55 bits per heavy atom. The van der Waals surface area contributed by atoms with E-state index in [0.717, 1.165) is 0 Å². The molecule has 1 N–H and O–H groups in total. The number of aliphatic hydroxyl groups excluding tert-OH is 1. The van der Waals surface area contributed by atoms with Crippen LogP contribution in [0.5, 0.6) is 0 Å². The maximum absolute atomic E-state index is 10.3. The first kappa shape index (κ1) is 19.3. The number of ether oxygens (including phenoxy) is 1. The van der Waals surface area contributed by atoms with E-state index in [9.17, 15) is 5.11 Å². The van der Waals surface area contributed by atoms with Crippen LogP contribution >= 0.6 is 0 Å². The lowest BCUT2D eigenvalue weighted by atomic mass is 9.82. The lowest BCUT2D eigenvalue weighted by Gasteiger charge is -2.42. The Hall–Kier alpha value is -0.700. The summed E-state index contributed by atoms with van der Waals surface area (Å²) in [6, 6.07) is 1.15. The second-order valence-electron chi connectivity index (χ2n) is 8.24. The minimum atomic E-state index is -0.363. The number of hydrogen-bond acceptors (Lipinski definition) is 3. The van der Waals surface area contributed by atoms with Gasteiger partial charge in [-0.05, 0) is 67.2 Å². The molecule has 1 unspecified atom stereocenters. The lowest BCUT2D eigenvalue weighted by Crippen LogP contribution is -2.48. The fourth-order valence-corrected chi connectivity index (χ4v) is 3.72. The first-order valence-corrected chi connectivity index (χ1v) is 8.99. The molecule has 3 nitrogen and oxygen atoms in total. The predicted molar refractivity (Wildman–Crippen MR) is 94.0 cm³/mol. The van der Waals surface area contributed by atoms with E-state index in [2.05, 4.69) is 32.6 Å². The molecule has 1 aliphatic rings. The van der Waals surface area contributed by atoms with E-state index in [1.54, 1.807) is 0 Å². The van der Waals surface area contributed by atoms with Gasteiger partial charge in [-0.2, -0.15) is 0 Å². The summed E-state index contributed by atoms with van der Waals surface area (Å²) < 4.78 is 5.66. The van der Waals surface area contributed by atoms with Crippen molar-refractivity contribution in [2.75, 3.05) is 0 Å². The highest BCUT2D eigenvalue weighted by molar-refractivity contribution is 5.01. The topological polar surface area (TPSA) is 32.7 Å². The molecule has 0 radical (unpaired) electrons. The largest absolute Gasteiger partial charge is 0.481 e. The molecule has 0 aromatic heterocycles. The highest BCUT2D eigenvalue weighted by Gasteiger charge is 2.31. The van der Waals surface area contributed by atoms with E-state index >= 15 is 0 Å².